The second kappa shape index (κ2) is 7.23. The molecule has 2 rings (SSSR count). The highest BCUT2D eigenvalue weighted by Gasteiger charge is 2.22. The average Bonchev–Trinajstić information content (AvgIpc) is 2.47. The first-order valence-electron chi connectivity index (χ1n) is 7.70. The molecule has 1 heterocycles. The van der Waals surface area contributed by atoms with Crippen LogP contribution in [-0.4, -0.2) is 30.1 Å². The average molecular weight is 306 g/mol. The maximum Gasteiger partial charge on any atom is 0.123 e. The van der Waals surface area contributed by atoms with Gasteiger partial charge in [0.2, 0.25) is 0 Å². The number of ether oxygens (including phenoxy) is 1. The van der Waals surface area contributed by atoms with Gasteiger partial charge in [0.15, 0.2) is 0 Å². The summed E-state index contributed by atoms with van der Waals surface area (Å²) >= 11 is 5.07. The predicted octanol–water partition coefficient (Wildman–Crippen LogP) is 3.20. The van der Waals surface area contributed by atoms with Crippen LogP contribution in [0.1, 0.15) is 37.8 Å². The maximum atomic E-state index is 5.74. The van der Waals surface area contributed by atoms with Crippen molar-refractivity contribution in [2.24, 2.45) is 17.6 Å². The summed E-state index contributed by atoms with van der Waals surface area (Å²) in [5, 5.41) is 0. The SMILES string of the molecule is COc1ccc(C(N)=S)cc1CN1CCC(C(C)C)CC1. The molecule has 0 radical (unpaired) electrons. The zero-order chi connectivity index (χ0) is 15.4. The molecule has 0 aromatic heterocycles. The van der Waals surface area contributed by atoms with Crippen LogP contribution in [0.25, 0.3) is 0 Å². The molecule has 1 fully saturated rings. The molecule has 1 aliphatic rings. The molecule has 0 saturated carbocycles. The van der Waals surface area contributed by atoms with Gasteiger partial charge < -0.3 is 10.5 Å². The van der Waals surface area contributed by atoms with E-state index in [9.17, 15) is 0 Å². The highest BCUT2D eigenvalue weighted by atomic mass is 32.1. The summed E-state index contributed by atoms with van der Waals surface area (Å²) in [5.74, 6) is 2.58. The van der Waals surface area contributed by atoms with Crippen molar-refractivity contribution in [2.75, 3.05) is 20.2 Å². The Hall–Kier alpha value is -1.13. The van der Waals surface area contributed by atoms with Crippen molar-refractivity contribution in [1.29, 1.82) is 0 Å². The molecule has 0 spiro atoms. The van der Waals surface area contributed by atoms with E-state index in [2.05, 4.69) is 24.8 Å². The number of rotatable bonds is 5. The minimum atomic E-state index is 0.442. The number of benzene rings is 1. The molecule has 1 saturated heterocycles. The molecular weight excluding hydrogens is 280 g/mol. The third kappa shape index (κ3) is 4.17. The molecule has 0 aliphatic carbocycles. The first kappa shape index (κ1) is 16.2. The molecule has 3 nitrogen and oxygen atoms in total. The van der Waals surface area contributed by atoms with Gasteiger partial charge in [-0.2, -0.15) is 0 Å². The number of thiocarbonyl (C=S) groups is 1. The van der Waals surface area contributed by atoms with Crippen LogP contribution < -0.4 is 10.5 Å². The monoisotopic (exact) mass is 306 g/mol. The van der Waals surface area contributed by atoms with E-state index in [1.807, 2.05) is 12.1 Å². The van der Waals surface area contributed by atoms with E-state index in [1.165, 1.54) is 18.4 Å². The second-order valence-corrected chi connectivity index (χ2v) is 6.69. The summed E-state index contributed by atoms with van der Waals surface area (Å²) in [6.07, 6.45) is 2.57. The third-order valence-electron chi connectivity index (χ3n) is 4.53. The van der Waals surface area contributed by atoms with Gasteiger partial charge in [0.1, 0.15) is 10.7 Å². The van der Waals surface area contributed by atoms with Crippen molar-refractivity contribution in [3.05, 3.63) is 29.3 Å². The first-order chi connectivity index (χ1) is 10.0. The molecule has 1 aromatic rings. The zero-order valence-corrected chi connectivity index (χ0v) is 14.1. The van der Waals surface area contributed by atoms with Crippen molar-refractivity contribution in [1.82, 2.24) is 4.90 Å². The largest absolute Gasteiger partial charge is 0.496 e. The molecule has 1 aromatic carbocycles. The Kier molecular flexibility index (Phi) is 5.59. The fraction of sp³-hybridized carbons (Fsp3) is 0.588. The Morgan fingerprint density at radius 3 is 2.57 bits per heavy atom. The maximum absolute atomic E-state index is 5.74. The summed E-state index contributed by atoms with van der Waals surface area (Å²) in [7, 11) is 1.71. The Labute approximate surface area is 133 Å². The standard InChI is InChI=1S/C17H26N2OS/c1-12(2)13-6-8-19(9-7-13)11-15-10-14(17(18)21)4-5-16(15)20-3/h4-5,10,12-13H,6-9,11H2,1-3H3,(H2,18,21). The van der Waals surface area contributed by atoms with Crippen molar-refractivity contribution in [2.45, 2.75) is 33.2 Å². The van der Waals surface area contributed by atoms with E-state index in [-0.39, 0.29) is 0 Å². The van der Waals surface area contributed by atoms with Crippen molar-refractivity contribution in [3.8, 4) is 5.75 Å². The number of hydrogen-bond donors (Lipinski definition) is 1. The molecule has 116 valence electrons. The topological polar surface area (TPSA) is 38.5 Å². The Morgan fingerprint density at radius 2 is 2.05 bits per heavy atom. The van der Waals surface area contributed by atoms with Crippen LogP contribution in [0.15, 0.2) is 18.2 Å². The van der Waals surface area contributed by atoms with Gasteiger partial charge in [0, 0.05) is 17.7 Å². The Balaban J connectivity index is 2.05. The number of piperidine rings is 1. The van der Waals surface area contributed by atoms with Gasteiger partial charge in [-0.3, -0.25) is 4.90 Å². The van der Waals surface area contributed by atoms with Crippen LogP contribution in [-0.2, 0) is 6.54 Å². The van der Waals surface area contributed by atoms with Crippen LogP contribution in [0, 0.1) is 11.8 Å². The lowest BCUT2D eigenvalue weighted by atomic mass is 9.86. The van der Waals surface area contributed by atoms with E-state index in [4.69, 9.17) is 22.7 Å². The smallest absolute Gasteiger partial charge is 0.123 e. The number of nitrogens with zero attached hydrogens (tertiary/aromatic N) is 1. The Bertz CT molecular complexity index is 494. The van der Waals surface area contributed by atoms with Crippen LogP contribution in [0.4, 0.5) is 0 Å². The molecule has 0 atom stereocenters. The molecule has 1 aliphatic heterocycles. The normalized spacial score (nSPS) is 17.1. The van der Waals surface area contributed by atoms with Gasteiger partial charge >= 0.3 is 0 Å². The number of methoxy groups -OCH3 is 1. The molecule has 0 amide bonds. The Morgan fingerprint density at radius 1 is 1.38 bits per heavy atom. The minimum Gasteiger partial charge on any atom is -0.496 e. The van der Waals surface area contributed by atoms with Gasteiger partial charge in [-0.05, 0) is 56.0 Å². The minimum absolute atomic E-state index is 0.442. The number of likely N-dealkylation sites (tertiary alicyclic amines) is 1. The lowest BCUT2D eigenvalue weighted by Gasteiger charge is -2.34. The zero-order valence-electron chi connectivity index (χ0n) is 13.3. The second-order valence-electron chi connectivity index (χ2n) is 6.25. The quantitative estimate of drug-likeness (QED) is 0.848. The van der Waals surface area contributed by atoms with Gasteiger partial charge in [-0.1, -0.05) is 26.1 Å². The number of hydrogen-bond acceptors (Lipinski definition) is 3. The van der Waals surface area contributed by atoms with Gasteiger partial charge in [-0.25, -0.2) is 0 Å². The lowest BCUT2D eigenvalue weighted by Crippen LogP contribution is -2.34. The summed E-state index contributed by atoms with van der Waals surface area (Å²) in [5.41, 5.74) is 7.82. The van der Waals surface area contributed by atoms with Crippen LogP contribution in [0.3, 0.4) is 0 Å². The summed E-state index contributed by atoms with van der Waals surface area (Å²) < 4.78 is 5.47. The van der Waals surface area contributed by atoms with Crippen LogP contribution in [0.2, 0.25) is 0 Å². The molecule has 0 unspecified atom stereocenters. The lowest BCUT2D eigenvalue weighted by molar-refractivity contribution is 0.151. The fourth-order valence-electron chi connectivity index (χ4n) is 3.07. The van der Waals surface area contributed by atoms with E-state index >= 15 is 0 Å². The molecule has 0 bridgehead atoms. The summed E-state index contributed by atoms with van der Waals surface area (Å²) in [6, 6.07) is 5.95. The van der Waals surface area contributed by atoms with Crippen molar-refractivity contribution >= 4 is 17.2 Å². The fourth-order valence-corrected chi connectivity index (χ4v) is 3.20. The van der Waals surface area contributed by atoms with Crippen molar-refractivity contribution in [3.63, 3.8) is 0 Å². The molecule has 4 heteroatoms. The molecule has 21 heavy (non-hydrogen) atoms. The van der Waals surface area contributed by atoms with Crippen LogP contribution in [0.5, 0.6) is 5.75 Å². The number of nitrogens with two attached hydrogens (primary N) is 1. The van der Waals surface area contributed by atoms with Crippen molar-refractivity contribution < 1.29 is 4.74 Å². The van der Waals surface area contributed by atoms with E-state index < -0.39 is 0 Å². The highest BCUT2D eigenvalue weighted by Crippen LogP contribution is 2.27. The van der Waals surface area contributed by atoms with Gasteiger partial charge in [0.05, 0.1) is 7.11 Å². The van der Waals surface area contributed by atoms with Gasteiger partial charge in [0.25, 0.3) is 0 Å². The van der Waals surface area contributed by atoms with E-state index in [1.54, 1.807) is 7.11 Å². The highest BCUT2D eigenvalue weighted by molar-refractivity contribution is 7.80. The van der Waals surface area contributed by atoms with E-state index in [0.717, 1.165) is 42.8 Å². The van der Waals surface area contributed by atoms with Crippen LogP contribution >= 0.6 is 12.2 Å². The molecule has 2 N–H and O–H groups in total. The third-order valence-corrected chi connectivity index (χ3v) is 4.77. The first-order valence-corrected chi connectivity index (χ1v) is 8.11. The summed E-state index contributed by atoms with van der Waals surface area (Å²) in [4.78, 5) is 2.94. The van der Waals surface area contributed by atoms with E-state index in [0.29, 0.717) is 4.99 Å². The van der Waals surface area contributed by atoms with Gasteiger partial charge in [-0.15, -0.1) is 0 Å². The predicted molar refractivity (Wildman–Crippen MR) is 91.7 cm³/mol. The summed E-state index contributed by atoms with van der Waals surface area (Å²) in [6.45, 7) is 7.88. The molecular formula is C17H26N2OS.